The summed E-state index contributed by atoms with van der Waals surface area (Å²) in [6.07, 6.45) is 3.63. The van der Waals surface area contributed by atoms with Crippen LogP contribution in [0.2, 0.25) is 5.02 Å². The Bertz CT molecular complexity index is 1020. The molecule has 1 aliphatic rings. The highest BCUT2D eigenvalue weighted by Crippen LogP contribution is 2.29. The fourth-order valence-electron chi connectivity index (χ4n) is 4.19. The molecule has 1 aromatic heterocycles. The maximum atomic E-state index is 13.0. The summed E-state index contributed by atoms with van der Waals surface area (Å²) >= 11 is 6.10. The number of nitrogens with one attached hydrogen (secondary N) is 1. The number of nitrogens with zero attached hydrogens (tertiary/aromatic N) is 1. The van der Waals surface area contributed by atoms with Gasteiger partial charge < -0.3 is 14.5 Å². The van der Waals surface area contributed by atoms with Crippen molar-refractivity contribution in [2.75, 3.05) is 26.7 Å². The number of furan rings is 1. The average molecular weight is 427 g/mol. The number of piperidine rings is 1. The molecule has 1 aliphatic heterocycles. The van der Waals surface area contributed by atoms with Crippen molar-refractivity contribution in [3.63, 3.8) is 0 Å². The summed E-state index contributed by atoms with van der Waals surface area (Å²) in [6, 6.07) is 13.6. The number of carbonyl (C=O) groups excluding carboxylic acids is 1. The van der Waals surface area contributed by atoms with Gasteiger partial charge in [-0.15, -0.1) is 0 Å². The van der Waals surface area contributed by atoms with E-state index in [-0.39, 0.29) is 11.9 Å². The molecule has 158 valence electrons. The Morgan fingerprint density at radius 2 is 1.90 bits per heavy atom. The zero-order chi connectivity index (χ0) is 21.1. The van der Waals surface area contributed by atoms with E-state index in [1.807, 2.05) is 25.1 Å². The lowest BCUT2D eigenvalue weighted by atomic mass is 10.0. The van der Waals surface area contributed by atoms with Crippen molar-refractivity contribution in [3.05, 3.63) is 64.4 Å². The third-order valence-corrected chi connectivity index (χ3v) is 6.13. The van der Waals surface area contributed by atoms with Gasteiger partial charge in [0.05, 0.1) is 13.2 Å². The monoisotopic (exact) mass is 426 g/mol. The minimum Gasteiger partial charge on any atom is -0.497 e. The van der Waals surface area contributed by atoms with E-state index in [1.165, 1.54) is 24.8 Å². The number of benzene rings is 2. The zero-order valence-corrected chi connectivity index (χ0v) is 18.2. The van der Waals surface area contributed by atoms with Crippen LogP contribution in [0.5, 0.6) is 5.75 Å². The minimum atomic E-state index is -0.199. The number of fused-ring (bicyclic) bond motifs is 1. The molecule has 1 N–H and O–H groups in total. The van der Waals surface area contributed by atoms with Crippen molar-refractivity contribution in [2.24, 2.45) is 0 Å². The number of ether oxygens (including phenoxy) is 1. The predicted molar refractivity (Wildman–Crippen MR) is 119 cm³/mol. The van der Waals surface area contributed by atoms with Crippen LogP contribution >= 0.6 is 11.6 Å². The maximum Gasteiger partial charge on any atom is 0.287 e. The number of methoxy groups -OCH3 is 1. The lowest BCUT2D eigenvalue weighted by molar-refractivity contribution is 0.0898. The summed E-state index contributed by atoms with van der Waals surface area (Å²) in [5, 5.41) is 4.60. The topological polar surface area (TPSA) is 54.7 Å². The molecule has 0 spiro atoms. The fourth-order valence-corrected chi connectivity index (χ4v) is 4.37. The van der Waals surface area contributed by atoms with E-state index in [0.717, 1.165) is 29.8 Å². The number of hydrogen-bond donors (Lipinski definition) is 1. The van der Waals surface area contributed by atoms with Crippen LogP contribution in [0, 0.1) is 6.92 Å². The smallest absolute Gasteiger partial charge is 0.287 e. The van der Waals surface area contributed by atoms with Gasteiger partial charge in [-0.05, 0) is 68.8 Å². The molecule has 0 saturated carbocycles. The second-order valence-electron chi connectivity index (χ2n) is 7.79. The Morgan fingerprint density at radius 1 is 1.17 bits per heavy atom. The van der Waals surface area contributed by atoms with Crippen molar-refractivity contribution in [1.29, 1.82) is 0 Å². The summed E-state index contributed by atoms with van der Waals surface area (Å²) in [7, 11) is 1.67. The highest BCUT2D eigenvalue weighted by atomic mass is 35.5. The summed E-state index contributed by atoms with van der Waals surface area (Å²) in [5.41, 5.74) is 2.65. The maximum absolute atomic E-state index is 13.0. The quantitative estimate of drug-likeness (QED) is 0.576. The van der Waals surface area contributed by atoms with E-state index in [2.05, 4.69) is 22.3 Å². The number of hydrogen-bond acceptors (Lipinski definition) is 4. The van der Waals surface area contributed by atoms with Crippen LogP contribution in [0.25, 0.3) is 11.0 Å². The van der Waals surface area contributed by atoms with Crippen molar-refractivity contribution in [2.45, 2.75) is 32.2 Å². The van der Waals surface area contributed by atoms with Gasteiger partial charge in [0.2, 0.25) is 0 Å². The Labute approximate surface area is 181 Å². The van der Waals surface area contributed by atoms with Gasteiger partial charge in [-0.1, -0.05) is 30.2 Å². The third kappa shape index (κ3) is 4.32. The van der Waals surface area contributed by atoms with Crippen LogP contribution in [0.4, 0.5) is 0 Å². The molecule has 1 amide bonds. The molecule has 1 saturated heterocycles. The second-order valence-corrected chi connectivity index (χ2v) is 8.23. The molecule has 0 bridgehead atoms. The van der Waals surface area contributed by atoms with E-state index in [1.54, 1.807) is 19.2 Å². The predicted octanol–water partition coefficient (Wildman–Crippen LogP) is 5.36. The van der Waals surface area contributed by atoms with Gasteiger partial charge in [0.25, 0.3) is 5.91 Å². The highest BCUT2D eigenvalue weighted by Gasteiger charge is 2.25. The third-order valence-electron chi connectivity index (χ3n) is 5.89. The molecule has 1 atom stereocenters. The highest BCUT2D eigenvalue weighted by molar-refractivity contribution is 6.31. The molecule has 0 unspecified atom stereocenters. The molecule has 0 aliphatic carbocycles. The van der Waals surface area contributed by atoms with Crippen molar-refractivity contribution >= 4 is 28.5 Å². The van der Waals surface area contributed by atoms with Gasteiger partial charge in [0.15, 0.2) is 5.76 Å². The molecule has 2 aromatic carbocycles. The molecule has 3 aromatic rings. The summed E-state index contributed by atoms with van der Waals surface area (Å²) < 4.78 is 11.1. The van der Waals surface area contributed by atoms with Crippen molar-refractivity contribution in [3.8, 4) is 5.75 Å². The SMILES string of the molecule is COc1ccc([C@@H](CNC(=O)c2oc3ccc(Cl)cc3c2C)N2CCCCC2)cc1. The minimum absolute atomic E-state index is 0.110. The first kappa shape index (κ1) is 20.8. The first-order valence-corrected chi connectivity index (χ1v) is 10.8. The molecule has 5 nitrogen and oxygen atoms in total. The summed E-state index contributed by atoms with van der Waals surface area (Å²) in [4.78, 5) is 15.4. The molecule has 0 radical (unpaired) electrons. The standard InChI is InChI=1S/C24H27ClN2O3/c1-16-20-14-18(25)8-11-22(20)30-23(16)24(28)26-15-21(27-12-4-3-5-13-27)17-6-9-19(29-2)10-7-17/h6-11,14,21H,3-5,12-13,15H2,1-2H3,(H,26,28)/t21-/m1/s1. The van der Waals surface area contributed by atoms with Gasteiger partial charge in [-0.3, -0.25) is 9.69 Å². The summed E-state index contributed by atoms with van der Waals surface area (Å²) in [6.45, 7) is 4.48. The van der Waals surface area contributed by atoms with Crippen LogP contribution in [0.3, 0.4) is 0 Å². The van der Waals surface area contributed by atoms with Crippen LogP contribution in [0.15, 0.2) is 46.9 Å². The van der Waals surface area contributed by atoms with Gasteiger partial charge in [-0.25, -0.2) is 0 Å². The molecular weight excluding hydrogens is 400 g/mol. The van der Waals surface area contributed by atoms with E-state index in [9.17, 15) is 4.79 Å². The van der Waals surface area contributed by atoms with Gasteiger partial charge in [0, 0.05) is 22.5 Å². The van der Waals surface area contributed by atoms with Crippen molar-refractivity contribution < 1.29 is 13.9 Å². The first-order valence-electron chi connectivity index (χ1n) is 10.4. The lowest BCUT2D eigenvalue weighted by Gasteiger charge is -2.35. The number of rotatable bonds is 6. The largest absolute Gasteiger partial charge is 0.497 e. The lowest BCUT2D eigenvalue weighted by Crippen LogP contribution is -2.40. The van der Waals surface area contributed by atoms with E-state index < -0.39 is 0 Å². The van der Waals surface area contributed by atoms with Crippen molar-refractivity contribution in [1.82, 2.24) is 10.2 Å². The summed E-state index contributed by atoms with van der Waals surface area (Å²) in [5.74, 6) is 0.978. The second kappa shape index (κ2) is 9.11. The molecule has 1 fully saturated rings. The average Bonchev–Trinajstić information content (AvgIpc) is 3.11. The Morgan fingerprint density at radius 3 is 2.60 bits per heavy atom. The zero-order valence-electron chi connectivity index (χ0n) is 17.4. The number of amides is 1. The number of aryl methyl sites for hydroxylation is 1. The fraction of sp³-hybridized carbons (Fsp3) is 0.375. The first-order chi connectivity index (χ1) is 14.6. The molecular formula is C24H27ClN2O3. The molecule has 30 heavy (non-hydrogen) atoms. The van der Waals surface area contributed by atoms with Crippen LogP contribution in [-0.2, 0) is 0 Å². The van der Waals surface area contributed by atoms with Gasteiger partial charge in [-0.2, -0.15) is 0 Å². The Kier molecular flexibility index (Phi) is 6.30. The molecule has 6 heteroatoms. The normalized spacial score (nSPS) is 15.8. The Balaban J connectivity index is 1.54. The van der Waals surface area contributed by atoms with Crippen LogP contribution in [-0.4, -0.2) is 37.6 Å². The van der Waals surface area contributed by atoms with Crippen LogP contribution in [0.1, 0.15) is 47.0 Å². The number of carbonyl (C=O) groups is 1. The number of likely N-dealkylation sites (tertiary alicyclic amines) is 1. The van der Waals surface area contributed by atoms with E-state index in [0.29, 0.717) is 22.9 Å². The number of halogens is 1. The van der Waals surface area contributed by atoms with Gasteiger partial charge >= 0.3 is 0 Å². The van der Waals surface area contributed by atoms with Gasteiger partial charge in [0.1, 0.15) is 11.3 Å². The van der Waals surface area contributed by atoms with E-state index >= 15 is 0 Å². The van der Waals surface area contributed by atoms with Crippen LogP contribution < -0.4 is 10.1 Å². The van der Waals surface area contributed by atoms with E-state index in [4.69, 9.17) is 20.8 Å². The molecule has 2 heterocycles. The molecule has 4 rings (SSSR count). The Hall–Kier alpha value is -2.50.